The Hall–Kier alpha value is -3.74. The number of carboxylic acid groups (broad SMARTS) is 1. The predicted molar refractivity (Wildman–Crippen MR) is 136 cm³/mol. The largest absolute Gasteiger partial charge is 0.481 e. The topological polar surface area (TPSA) is 90.8 Å². The molecule has 6 rings (SSSR count). The van der Waals surface area contributed by atoms with Gasteiger partial charge in [-0.3, -0.25) is 14.4 Å². The van der Waals surface area contributed by atoms with Gasteiger partial charge in [-0.25, -0.2) is 4.98 Å². The molecule has 184 valence electrons. The zero-order valence-electron chi connectivity index (χ0n) is 20.0. The van der Waals surface area contributed by atoms with E-state index >= 15 is 0 Å². The van der Waals surface area contributed by atoms with E-state index in [1.165, 1.54) is 0 Å². The highest BCUT2D eigenvalue weighted by Crippen LogP contribution is 2.52. The smallest absolute Gasteiger partial charge is 0.303 e. The van der Waals surface area contributed by atoms with Crippen molar-refractivity contribution >= 4 is 34.4 Å². The van der Waals surface area contributed by atoms with Crippen LogP contribution in [0.3, 0.4) is 0 Å². The van der Waals surface area contributed by atoms with Crippen LogP contribution in [-0.4, -0.2) is 44.9 Å². The summed E-state index contributed by atoms with van der Waals surface area (Å²) in [4.78, 5) is 47.1. The van der Waals surface area contributed by atoms with Crippen LogP contribution in [0, 0.1) is 5.92 Å². The maximum Gasteiger partial charge on any atom is 0.303 e. The van der Waals surface area contributed by atoms with Gasteiger partial charge in [0.15, 0.2) is 0 Å². The van der Waals surface area contributed by atoms with Crippen LogP contribution in [0.1, 0.15) is 67.0 Å². The average molecular weight is 484 g/mol. The first kappa shape index (κ1) is 22.7. The van der Waals surface area contributed by atoms with Gasteiger partial charge >= 0.3 is 5.97 Å². The summed E-state index contributed by atoms with van der Waals surface area (Å²) >= 11 is 0. The van der Waals surface area contributed by atoms with Gasteiger partial charge in [-0.05, 0) is 49.4 Å². The van der Waals surface area contributed by atoms with Crippen molar-refractivity contribution < 1.29 is 19.5 Å². The van der Waals surface area contributed by atoms with Crippen molar-refractivity contribution in [2.45, 2.75) is 63.1 Å². The number of carbonyl (C=O) groups is 3. The number of aromatic nitrogens is 1. The van der Waals surface area contributed by atoms with E-state index in [4.69, 9.17) is 5.11 Å². The Morgan fingerprint density at radius 3 is 2.50 bits per heavy atom. The first-order valence-electron chi connectivity index (χ1n) is 12.8. The van der Waals surface area contributed by atoms with Crippen LogP contribution < -0.4 is 4.90 Å². The summed E-state index contributed by atoms with van der Waals surface area (Å²) in [6.45, 7) is 0. The number of hydrogen-bond acceptors (Lipinski definition) is 4. The fraction of sp³-hybridized carbons (Fsp3) is 0.379. The number of amides is 2. The van der Waals surface area contributed by atoms with Crippen LogP contribution in [0.2, 0.25) is 0 Å². The Bertz CT molecular complexity index is 1350. The molecule has 0 bridgehead atoms. The van der Waals surface area contributed by atoms with Gasteiger partial charge < -0.3 is 14.9 Å². The van der Waals surface area contributed by atoms with Crippen LogP contribution in [0.5, 0.6) is 0 Å². The molecule has 0 spiro atoms. The second-order valence-electron chi connectivity index (χ2n) is 10.2. The maximum atomic E-state index is 14.0. The molecule has 2 saturated carbocycles. The zero-order chi connectivity index (χ0) is 24.8. The summed E-state index contributed by atoms with van der Waals surface area (Å²) in [6.07, 6.45) is 4.51. The lowest BCUT2D eigenvalue weighted by Gasteiger charge is -2.47. The van der Waals surface area contributed by atoms with Crippen molar-refractivity contribution in [3.8, 4) is 0 Å². The lowest BCUT2D eigenvalue weighted by Crippen LogP contribution is -2.53. The molecule has 36 heavy (non-hydrogen) atoms. The lowest BCUT2D eigenvalue weighted by molar-refractivity contribution is -0.142. The fourth-order valence-electron chi connectivity index (χ4n) is 6.23. The average Bonchev–Trinajstić information content (AvgIpc) is 3.62. The third-order valence-electron chi connectivity index (χ3n) is 7.90. The van der Waals surface area contributed by atoms with Crippen molar-refractivity contribution in [1.29, 1.82) is 0 Å². The van der Waals surface area contributed by atoms with Gasteiger partial charge in [0.1, 0.15) is 5.69 Å². The van der Waals surface area contributed by atoms with Crippen molar-refractivity contribution in [1.82, 2.24) is 9.88 Å². The van der Waals surface area contributed by atoms with E-state index in [9.17, 15) is 14.4 Å². The second kappa shape index (κ2) is 9.04. The van der Waals surface area contributed by atoms with Gasteiger partial charge in [-0.2, -0.15) is 0 Å². The van der Waals surface area contributed by atoms with Crippen LogP contribution in [0.15, 0.2) is 60.7 Å². The van der Waals surface area contributed by atoms with E-state index in [2.05, 4.69) is 4.98 Å². The Balaban J connectivity index is 1.41. The Morgan fingerprint density at radius 1 is 0.917 bits per heavy atom. The highest BCUT2D eigenvalue weighted by molar-refractivity contribution is 6.07. The monoisotopic (exact) mass is 483 g/mol. The van der Waals surface area contributed by atoms with E-state index in [0.717, 1.165) is 54.3 Å². The highest BCUT2D eigenvalue weighted by Gasteiger charge is 2.51. The quantitative estimate of drug-likeness (QED) is 0.535. The predicted octanol–water partition coefficient (Wildman–Crippen LogP) is 4.96. The summed E-state index contributed by atoms with van der Waals surface area (Å²) < 4.78 is 0. The SMILES string of the molecule is O=C(O)CCC(=O)N(C1CC1)C1c2ccccc2N(C(=O)c2ccc3ccccc3n2)C2CCCC21. The number of nitrogens with zero attached hydrogens (tertiary/aromatic N) is 3. The number of carbonyl (C=O) groups excluding carboxylic acids is 2. The molecule has 3 aromatic rings. The molecule has 7 nitrogen and oxygen atoms in total. The minimum atomic E-state index is -0.957. The minimum Gasteiger partial charge on any atom is -0.481 e. The molecule has 2 aromatic carbocycles. The van der Waals surface area contributed by atoms with E-state index in [1.807, 2.05) is 64.4 Å². The molecule has 2 amide bonds. The van der Waals surface area contributed by atoms with E-state index in [1.54, 1.807) is 6.07 Å². The molecule has 2 aliphatic carbocycles. The maximum absolute atomic E-state index is 14.0. The summed E-state index contributed by atoms with van der Waals surface area (Å²) in [5.41, 5.74) is 3.02. The van der Waals surface area contributed by atoms with Gasteiger partial charge in [-0.1, -0.05) is 48.9 Å². The number of hydrogen-bond donors (Lipinski definition) is 1. The molecule has 3 unspecified atom stereocenters. The van der Waals surface area contributed by atoms with Crippen LogP contribution in [0.25, 0.3) is 10.9 Å². The fourth-order valence-corrected chi connectivity index (χ4v) is 6.23. The minimum absolute atomic E-state index is 0.00550. The van der Waals surface area contributed by atoms with E-state index < -0.39 is 5.97 Å². The number of para-hydroxylation sites is 2. The van der Waals surface area contributed by atoms with Crippen LogP contribution in [0.4, 0.5) is 5.69 Å². The Kier molecular flexibility index (Phi) is 5.70. The number of aliphatic carboxylic acids is 1. The number of fused-ring (bicyclic) bond motifs is 3. The van der Waals surface area contributed by atoms with E-state index in [0.29, 0.717) is 5.69 Å². The number of carboxylic acids is 1. The number of benzene rings is 2. The van der Waals surface area contributed by atoms with Crippen molar-refractivity contribution in [3.63, 3.8) is 0 Å². The molecule has 1 aromatic heterocycles. The summed E-state index contributed by atoms with van der Waals surface area (Å²) in [5.74, 6) is -1.06. The summed E-state index contributed by atoms with van der Waals surface area (Å²) in [6, 6.07) is 19.4. The van der Waals surface area contributed by atoms with Gasteiger partial charge in [0.05, 0.1) is 18.0 Å². The molecule has 3 aliphatic rings. The van der Waals surface area contributed by atoms with Crippen LogP contribution >= 0.6 is 0 Å². The molecular weight excluding hydrogens is 454 g/mol. The molecule has 7 heteroatoms. The van der Waals surface area contributed by atoms with Crippen molar-refractivity contribution in [2.75, 3.05) is 4.90 Å². The molecule has 3 atom stereocenters. The standard InChI is InChI=1S/C29H29N3O4/c33-26(16-17-27(34)35)31(19-13-14-19)28-20-7-2-4-10-24(20)32(25-11-5-8-21(25)28)29(36)23-15-12-18-6-1-3-9-22(18)30-23/h1-4,6-7,9-10,12,15,19,21,25,28H,5,8,11,13-14,16-17H2,(H,34,35). The van der Waals surface area contributed by atoms with Gasteiger partial charge in [-0.15, -0.1) is 0 Å². The molecule has 2 heterocycles. The third kappa shape index (κ3) is 3.92. The van der Waals surface area contributed by atoms with Crippen molar-refractivity contribution in [2.24, 2.45) is 5.92 Å². The van der Waals surface area contributed by atoms with Gasteiger partial charge in [0.2, 0.25) is 5.91 Å². The Morgan fingerprint density at radius 2 is 1.69 bits per heavy atom. The van der Waals surface area contributed by atoms with Gasteiger partial charge in [0, 0.05) is 35.5 Å². The van der Waals surface area contributed by atoms with Crippen molar-refractivity contribution in [3.05, 3.63) is 71.9 Å². The molecule has 0 saturated heterocycles. The zero-order valence-corrected chi connectivity index (χ0v) is 20.0. The molecule has 2 fully saturated rings. The molecular formula is C29H29N3O4. The third-order valence-corrected chi connectivity index (χ3v) is 7.90. The number of anilines is 1. The summed E-state index contributed by atoms with van der Waals surface area (Å²) in [7, 11) is 0. The first-order valence-corrected chi connectivity index (χ1v) is 12.8. The Labute approximate surface area is 209 Å². The lowest BCUT2D eigenvalue weighted by atomic mass is 9.81. The first-order chi connectivity index (χ1) is 17.5. The normalized spacial score (nSPS) is 22.7. The molecule has 1 N–H and O–H groups in total. The molecule has 0 radical (unpaired) electrons. The number of pyridine rings is 1. The summed E-state index contributed by atoms with van der Waals surface area (Å²) in [5, 5.41) is 10.2. The number of rotatable bonds is 6. The highest BCUT2D eigenvalue weighted by atomic mass is 16.4. The van der Waals surface area contributed by atoms with Crippen LogP contribution in [-0.2, 0) is 9.59 Å². The van der Waals surface area contributed by atoms with Gasteiger partial charge in [0.25, 0.3) is 5.91 Å². The second-order valence-corrected chi connectivity index (χ2v) is 10.2. The van der Waals surface area contributed by atoms with E-state index in [-0.39, 0.29) is 48.7 Å². The molecule has 1 aliphatic heterocycles.